The molecule has 4 heteroatoms. The lowest BCUT2D eigenvalue weighted by Gasteiger charge is -2.35. The van der Waals surface area contributed by atoms with Gasteiger partial charge in [-0.2, -0.15) is 5.10 Å². The molecule has 1 heterocycles. The third-order valence-corrected chi connectivity index (χ3v) is 5.16. The molecule has 2 fully saturated rings. The molecule has 0 saturated heterocycles. The summed E-state index contributed by atoms with van der Waals surface area (Å²) in [7, 11) is 0. The Morgan fingerprint density at radius 3 is 2.65 bits per heavy atom. The number of aromatic nitrogens is 1. The topological polar surface area (TPSA) is 54.4 Å². The van der Waals surface area contributed by atoms with Gasteiger partial charge in [0.2, 0.25) is 0 Å². The summed E-state index contributed by atoms with van der Waals surface area (Å²) in [5, 5.41) is 4.50. The van der Waals surface area contributed by atoms with Crippen molar-refractivity contribution >= 4 is 11.6 Å². The molecule has 2 aliphatic carbocycles. The van der Waals surface area contributed by atoms with Crippen molar-refractivity contribution in [1.82, 2.24) is 10.4 Å². The smallest absolute Gasteiger partial charge is 0.267 e. The van der Waals surface area contributed by atoms with E-state index in [4.69, 9.17) is 0 Å². The molecule has 2 bridgehead atoms. The average Bonchev–Trinajstić information content (AvgIpc) is 2.90. The van der Waals surface area contributed by atoms with Crippen molar-refractivity contribution in [2.45, 2.75) is 40.0 Å². The van der Waals surface area contributed by atoms with E-state index in [1.807, 2.05) is 0 Å². The molecule has 0 aliphatic heterocycles. The second-order valence-corrected chi connectivity index (χ2v) is 6.86. The summed E-state index contributed by atoms with van der Waals surface area (Å²) in [6, 6.07) is 3.40. The number of hydrogen-bond acceptors (Lipinski definition) is 3. The highest BCUT2D eigenvalue weighted by atomic mass is 16.2. The lowest BCUT2D eigenvalue weighted by Crippen LogP contribution is -2.38. The molecule has 2 atom stereocenters. The van der Waals surface area contributed by atoms with Crippen LogP contribution in [0.1, 0.15) is 50.4 Å². The zero-order valence-corrected chi connectivity index (χ0v) is 12.3. The Balaban J connectivity index is 1.81. The van der Waals surface area contributed by atoms with Gasteiger partial charge in [-0.25, -0.2) is 5.43 Å². The first-order valence-electron chi connectivity index (χ1n) is 7.22. The number of nitrogens with zero attached hydrogens (tertiary/aromatic N) is 2. The normalized spacial score (nSPS) is 32.5. The summed E-state index contributed by atoms with van der Waals surface area (Å²) in [5.74, 6) is 0.533. The molecule has 1 aromatic rings. The van der Waals surface area contributed by atoms with E-state index < -0.39 is 0 Å². The van der Waals surface area contributed by atoms with E-state index in [1.54, 1.807) is 24.5 Å². The number of fused-ring (bicyclic) bond motifs is 2. The van der Waals surface area contributed by atoms with Crippen LogP contribution in [0.25, 0.3) is 0 Å². The van der Waals surface area contributed by atoms with Crippen LogP contribution in [0.15, 0.2) is 29.6 Å². The van der Waals surface area contributed by atoms with E-state index in [-0.39, 0.29) is 16.7 Å². The lowest BCUT2D eigenvalue weighted by atomic mass is 9.71. The van der Waals surface area contributed by atoms with Crippen molar-refractivity contribution in [3.63, 3.8) is 0 Å². The maximum atomic E-state index is 12.1. The van der Waals surface area contributed by atoms with Gasteiger partial charge in [0, 0.05) is 28.8 Å². The molecule has 2 aliphatic rings. The van der Waals surface area contributed by atoms with Crippen molar-refractivity contribution in [3.8, 4) is 0 Å². The fourth-order valence-electron chi connectivity index (χ4n) is 4.00. The SMILES string of the molecule is CC12CCC(C1)C(C)(C)/C2=N\NC(=O)c1ccncc1. The van der Waals surface area contributed by atoms with Crippen LogP contribution in [0.3, 0.4) is 0 Å². The van der Waals surface area contributed by atoms with Crippen LogP contribution in [0.5, 0.6) is 0 Å². The van der Waals surface area contributed by atoms with E-state index in [0.717, 1.165) is 5.71 Å². The van der Waals surface area contributed by atoms with Gasteiger partial charge in [0.1, 0.15) is 0 Å². The molecule has 1 amide bonds. The monoisotopic (exact) mass is 271 g/mol. The van der Waals surface area contributed by atoms with Crippen LogP contribution < -0.4 is 5.43 Å². The van der Waals surface area contributed by atoms with E-state index in [0.29, 0.717) is 11.5 Å². The minimum Gasteiger partial charge on any atom is -0.267 e. The minimum absolute atomic E-state index is 0.0958. The molecule has 2 saturated carbocycles. The second kappa shape index (κ2) is 4.40. The van der Waals surface area contributed by atoms with Gasteiger partial charge in [-0.15, -0.1) is 0 Å². The first-order chi connectivity index (χ1) is 9.43. The lowest BCUT2D eigenvalue weighted by molar-refractivity contribution is 0.0953. The van der Waals surface area contributed by atoms with Crippen LogP contribution >= 0.6 is 0 Å². The number of rotatable bonds is 2. The third kappa shape index (κ3) is 1.94. The molecular weight excluding hydrogens is 250 g/mol. The highest BCUT2D eigenvalue weighted by Crippen LogP contribution is 2.60. The molecule has 1 N–H and O–H groups in total. The van der Waals surface area contributed by atoms with Gasteiger partial charge in [-0.1, -0.05) is 20.8 Å². The summed E-state index contributed by atoms with van der Waals surface area (Å²) in [6.45, 7) is 6.78. The van der Waals surface area contributed by atoms with Gasteiger partial charge in [0.15, 0.2) is 0 Å². The number of nitrogens with one attached hydrogen (secondary N) is 1. The fourth-order valence-corrected chi connectivity index (χ4v) is 4.00. The fraction of sp³-hybridized carbons (Fsp3) is 0.562. The summed E-state index contributed by atoms with van der Waals surface area (Å²) in [4.78, 5) is 16.0. The predicted molar refractivity (Wildman–Crippen MR) is 78.4 cm³/mol. The van der Waals surface area contributed by atoms with Crippen molar-refractivity contribution in [2.24, 2.45) is 21.8 Å². The molecule has 20 heavy (non-hydrogen) atoms. The predicted octanol–water partition coefficient (Wildman–Crippen LogP) is 3.01. The van der Waals surface area contributed by atoms with Gasteiger partial charge in [-0.05, 0) is 37.3 Å². The summed E-state index contributed by atoms with van der Waals surface area (Å²) >= 11 is 0. The van der Waals surface area contributed by atoms with E-state index in [2.05, 4.69) is 36.3 Å². The van der Waals surface area contributed by atoms with E-state index in [9.17, 15) is 4.79 Å². The van der Waals surface area contributed by atoms with Crippen molar-refractivity contribution in [3.05, 3.63) is 30.1 Å². The summed E-state index contributed by atoms with van der Waals surface area (Å²) in [6.07, 6.45) is 6.89. The molecule has 0 spiro atoms. The van der Waals surface area contributed by atoms with E-state index in [1.165, 1.54) is 19.3 Å². The number of carbonyl (C=O) groups excluding carboxylic acids is 1. The van der Waals surface area contributed by atoms with Gasteiger partial charge >= 0.3 is 0 Å². The zero-order chi connectivity index (χ0) is 14.4. The Morgan fingerprint density at radius 1 is 1.35 bits per heavy atom. The average molecular weight is 271 g/mol. The minimum atomic E-state index is -0.165. The van der Waals surface area contributed by atoms with Crippen LogP contribution in [0.4, 0.5) is 0 Å². The zero-order valence-electron chi connectivity index (χ0n) is 12.3. The van der Waals surface area contributed by atoms with Gasteiger partial charge < -0.3 is 0 Å². The highest BCUT2D eigenvalue weighted by molar-refractivity contribution is 6.00. The molecule has 1 aromatic heterocycles. The Hall–Kier alpha value is -1.71. The standard InChI is InChI=1S/C16H21N3O/c1-15(2)12-4-7-16(3,10-12)14(15)19-18-13(20)11-5-8-17-9-6-11/h5-6,8-9,12H,4,7,10H2,1-3H3,(H,18,20)/b19-14+. The number of pyridine rings is 1. The number of amides is 1. The molecule has 106 valence electrons. The summed E-state index contributed by atoms with van der Waals surface area (Å²) in [5.41, 5.74) is 4.74. The van der Waals surface area contributed by atoms with Crippen molar-refractivity contribution in [2.75, 3.05) is 0 Å². The Bertz CT molecular complexity index is 558. The second-order valence-electron chi connectivity index (χ2n) is 6.86. The Labute approximate surface area is 119 Å². The van der Waals surface area contributed by atoms with Crippen molar-refractivity contribution < 1.29 is 4.79 Å². The molecule has 0 radical (unpaired) electrons. The molecule has 0 aromatic carbocycles. The van der Waals surface area contributed by atoms with Crippen LogP contribution in [0, 0.1) is 16.7 Å². The quantitative estimate of drug-likeness (QED) is 0.841. The van der Waals surface area contributed by atoms with Crippen LogP contribution in [-0.2, 0) is 0 Å². The number of carbonyl (C=O) groups is 1. The molecule has 3 rings (SSSR count). The number of hydrazone groups is 1. The maximum Gasteiger partial charge on any atom is 0.271 e. The molecular formula is C16H21N3O. The largest absolute Gasteiger partial charge is 0.271 e. The molecule has 2 unspecified atom stereocenters. The Kier molecular flexibility index (Phi) is 2.92. The molecule has 4 nitrogen and oxygen atoms in total. The third-order valence-electron chi connectivity index (χ3n) is 5.16. The first-order valence-corrected chi connectivity index (χ1v) is 7.22. The van der Waals surface area contributed by atoms with Crippen LogP contribution in [-0.4, -0.2) is 16.6 Å². The maximum absolute atomic E-state index is 12.1. The Morgan fingerprint density at radius 2 is 2.05 bits per heavy atom. The van der Waals surface area contributed by atoms with Crippen LogP contribution in [0.2, 0.25) is 0 Å². The van der Waals surface area contributed by atoms with Crippen molar-refractivity contribution in [1.29, 1.82) is 0 Å². The van der Waals surface area contributed by atoms with Gasteiger partial charge in [0.25, 0.3) is 5.91 Å². The van der Waals surface area contributed by atoms with E-state index >= 15 is 0 Å². The first kappa shape index (κ1) is 13.3. The van der Waals surface area contributed by atoms with Gasteiger partial charge in [0.05, 0.1) is 5.71 Å². The van der Waals surface area contributed by atoms with Gasteiger partial charge in [-0.3, -0.25) is 9.78 Å². The highest BCUT2D eigenvalue weighted by Gasteiger charge is 2.57. The summed E-state index contributed by atoms with van der Waals surface area (Å²) < 4.78 is 0. The number of hydrogen-bond donors (Lipinski definition) is 1.